The van der Waals surface area contributed by atoms with Gasteiger partial charge in [0.25, 0.3) is 0 Å². The van der Waals surface area contributed by atoms with Crippen molar-refractivity contribution in [3.63, 3.8) is 0 Å². The predicted octanol–water partition coefficient (Wildman–Crippen LogP) is 3.94. The van der Waals surface area contributed by atoms with Crippen LogP contribution in [-0.4, -0.2) is 30.1 Å². The van der Waals surface area contributed by atoms with E-state index in [1.807, 2.05) is 22.9 Å². The molecule has 1 aromatic carbocycles. The first-order chi connectivity index (χ1) is 12.2. The highest BCUT2D eigenvalue weighted by molar-refractivity contribution is 7.14. The van der Waals surface area contributed by atoms with Crippen molar-refractivity contribution in [1.29, 1.82) is 0 Å². The van der Waals surface area contributed by atoms with Gasteiger partial charge in [0.05, 0.1) is 19.9 Å². The van der Waals surface area contributed by atoms with Crippen molar-refractivity contribution in [1.82, 2.24) is 9.97 Å². The Morgan fingerprint density at radius 3 is 2.84 bits per heavy atom. The Morgan fingerprint density at radius 2 is 2.12 bits per heavy atom. The fourth-order valence-electron chi connectivity index (χ4n) is 2.08. The Labute approximate surface area is 152 Å². The number of aromatic nitrogens is 2. The van der Waals surface area contributed by atoms with Crippen LogP contribution in [0.15, 0.2) is 41.2 Å². The summed E-state index contributed by atoms with van der Waals surface area (Å²) in [6.45, 7) is 0. The van der Waals surface area contributed by atoms with Gasteiger partial charge in [-0.2, -0.15) is 0 Å². The van der Waals surface area contributed by atoms with Crippen molar-refractivity contribution in [2.75, 3.05) is 19.5 Å². The Balaban J connectivity index is 1.73. The predicted molar refractivity (Wildman–Crippen MR) is 100 cm³/mol. The molecular weight excluding hydrogens is 358 g/mol. The summed E-state index contributed by atoms with van der Waals surface area (Å²) in [7, 11) is 3.20. The fraction of sp³-hybridized carbons (Fsp3) is 0.118. The maximum atomic E-state index is 12.0. The van der Waals surface area contributed by atoms with Crippen LogP contribution in [0, 0.1) is 0 Å². The molecule has 0 bridgehead atoms. The molecule has 0 atom stereocenters. The maximum Gasteiger partial charge on any atom is 0.250 e. The molecule has 0 saturated carbocycles. The number of amides is 1. The molecule has 8 heteroatoms. The summed E-state index contributed by atoms with van der Waals surface area (Å²) in [6, 6.07) is 5.51. The summed E-state index contributed by atoms with van der Waals surface area (Å²) in [6.07, 6.45) is 4.80. The molecular formula is C17H15N3O3S2. The Bertz CT molecular complexity index is 888. The lowest BCUT2D eigenvalue weighted by atomic mass is 10.1. The lowest BCUT2D eigenvalue weighted by Crippen LogP contribution is -2.07. The summed E-state index contributed by atoms with van der Waals surface area (Å²) in [4.78, 5) is 20.5. The molecule has 1 amide bonds. The van der Waals surface area contributed by atoms with Gasteiger partial charge in [0.2, 0.25) is 5.91 Å². The number of methoxy groups -OCH3 is 2. The lowest BCUT2D eigenvalue weighted by molar-refractivity contribution is -0.111. The summed E-state index contributed by atoms with van der Waals surface area (Å²) in [5, 5.41) is 7.76. The van der Waals surface area contributed by atoms with Crippen LogP contribution in [0.2, 0.25) is 0 Å². The zero-order chi connectivity index (χ0) is 17.6. The Kier molecular flexibility index (Phi) is 5.42. The highest BCUT2D eigenvalue weighted by atomic mass is 32.1. The van der Waals surface area contributed by atoms with E-state index in [0.717, 1.165) is 16.3 Å². The van der Waals surface area contributed by atoms with Gasteiger partial charge in [0, 0.05) is 34.7 Å². The standard InChI is InChI=1S/C17H15N3O3S2/c1-22-11-3-4-12(14(9-11)23-2)13-10-25-17(19-13)20-15(21)5-6-16-18-7-8-24-16/h3-10H,1-2H3,(H,19,20,21)/b6-5-. The number of nitrogens with zero attached hydrogens (tertiary/aromatic N) is 2. The normalized spacial score (nSPS) is 10.8. The van der Waals surface area contributed by atoms with Crippen LogP contribution in [0.1, 0.15) is 5.01 Å². The second-order valence-corrected chi connectivity index (χ2v) is 6.58. The molecule has 1 N–H and O–H groups in total. The first kappa shape index (κ1) is 17.1. The molecule has 6 nitrogen and oxygen atoms in total. The molecule has 0 unspecified atom stereocenters. The third-order valence-electron chi connectivity index (χ3n) is 3.25. The zero-order valence-corrected chi connectivity index (χ0v) is 15.2. The van der Waals surface area contributed by atoms with Crippen LogP contribution in [0.4, 0.5) is 5.13 Å². The van der Waals surface area contributed by atoms with Crippen molar-refractivity contribution in [2.45, 2.75) is 0 Å². The van der Waals surface area contributed by atoms with Crippen molar-refractivity contribution in [2.24, 2.45) is 0 Å². The molecule has 2 heterocycles. The van der Waals surface area contributed by atoms with Gasteiger partial charge in [-0.3, -0.25) is 10.1 Å². The highest BCUT2D eigenvalue weighted by Gasteiger charge is 2.12. The number of hydrogen-bond acceptors (Lipinski definition) is 7. The van der Waals surface area contributed by atoms with E-state index in [-0.39, 0.29) is 5.91 Å². The maximum absolute atomic E-state index is 12.0. The van der Waals surface area contributed by atoms with E-state index in [1.54, 1.807) is 32.6 Å². The van der Waals surface area contributed by atoms with Gasteiger partial charge in [0.1, 0.15) is 16.5 Å². The molecule has 128 valence electrons. The summed E-state index contributed by atoms with van der Waals surface area (Å²) >= 11 is 2.81. The molecule has 3 aromatic rings. The van der Waals surface area contributed by atoms with E-state index in [0.29, 0.717) is 16.6 Å². The first-order valence-corrected chi connectivity index (χ1v) is 9.02. The van der Waals surface area contributed by atoms with Crippen molar-refractivity contribution in [3.05, 3.63) is 46.2 Å². The number of nitrogens with one attached hydrogen (secondary N) is 1. The zero-order valence-electron chi connectivity index (χ0n) is 13.6. The number of carbonyl (C=O) groups is 1. The number of hydrogen-bond donors (Lipinski definition) is 1. The number of thiazole rings is 2. The summed E-state index contributed by atoms with van der Waals surface area (Å²) < 4.78 is 10.6. The van der Waals surface area contributed by atoms with Gasteiger partial charge < -0.3 is 9.47 Å². The number of ether oxygens (including phenoxy) is 2. The van der Waals surface area contributed by atoms with Crippen molar-refractivity contribution in [3.8, 4) is 22.8 Å². The Hall–Kier alpha value is -2.71. The molecule has 0 saturated heterocycles. The van der Waals surface area contributed by atoms with Gasteiger partial charge >= 0.3 is 0 Å². The molecule has 0 aliphatic rings. The Morgan fingerprint density at radius 1 is 1.24 bits per heavy atom. The first-order valence-electron chi connectivity index (χ1n) is 7.26. The van der Waals surface area contributed by atoms with Crippen LogP contribution in [0.5, 0.6) is 11.5 Å². The fourth-order valence-corrected chi connectivity index (χ4v) is 3.32. The van der Waals surface area contributed by atoms with E-state index in [2.05, 4.69) is 15.3 Å². The second kappa shape index (κ2) is 7.91. The molecule has 25 heavy (non-hydrogen) atoms. The molecule has 0 spiro atoms. The largest absolute Gasteiger partial charge is 0.497 e. The number of benzene rings is 1. The van der Waals surface area contributed by atoms with E-state index in [4.69, 9.17) is 9.47 Å². The molecule has 0 fully saturated rings. The van der Waals surface area contributed by atoms with E-state index >= 15 is 0 Å². The van der Waals surface area contributed by atoms with E-state index in [9.17, 15) is 4.79 Å². The third-order valence-corrected chi connectivity index (χ3v) is 4.75. The van der Waals surface area contributed by atoms with Crippen LogP contribution in [0.25, 0.3) is 17.3 Å². The summed E-state index contributed by atoms with van der Waals surface area (Å²) in [5.74, 6) is 1.11. The van der Waals surface area contributed by atoms with Gasteiger partial charge in [-0.05, 0) is 18.2 Å². The minimum atomic E-state index is -0.252. The highest BCUT2D eigenvalue weighted by Crippen LogP contribution is 2.34. The van der Waals surface area contributed by atoms with E-state index in [1.165, 1.54) is 28.7 Å². The average Bonchev–Trinajstić information content (AvgIpc) is 3.31. The molecule has 2 aromatic heterocycles. The SMILES string of the molecule is COc1ccc(-c2csc(NC(=O)/C=C\c3nccs3)n2)c(OC)c1. The molecule has 3 rings (SSSR count). The summed E-state index contributed by atoms with van der Waals surface area (Å²) in [5.41, 5.74) is 1.56. The molecule has 0 radical (unpaired) electrons. The van der Waals surface area contributed by atoms with Gasteiger partial charge in [-0.1, -0.05) is 0 Å². The van der Waals surface area contributed by atoms with Crippen LogP contribution in [-0.2, 0) is 4.79 Å². The minimum absolute atomic E-state index is 0.252. The molecule has 0 aliphatic heterocycles. The topological polar surface area (TPSA) is 73.3 Å². The van der Waals surface area contributed by atoms with E-state index < -0.39 is 0 Å². The van der Waals surface area contributed by atoms with Gasteiger partial charge in [-0.15, -0.1) is 22.7 Å². The monoisotopic (exact) mass is 373 g/mol. The average molecular weight is 373 g/mol. The quantitative estimate of drug-likeness (QED) is 0.663. The van der Waals surface area contributed by atoms with Crippen LogP contribution >= 0.6 is 22.7 Å². The van der Waals surface area contributed by atoms with Crippen LogP contribution < -0.4 is 14.8 Å². The van der Waals surface area contributed by atoms with Crippen molar-refractivity contribution >= 4 is 39.8 Å². The second-order valence-electron chi connectivity index (χ2n) is 4.80. The number of carbonyl (C=O) groups excluding carboxylic acids is 1. The van der Waals surface area contributed by atoms with Crippen LogP contribution in [0.3, 0.4) is 0 Å². The number of rotatable bonds is 6. The smallest absolute Gasteiger partial charge is 0.250 e. The van der Waals surface area contributed by atoms with Crippen molar-refractivity contribution < 1.29 is 14.3 Å². The van der Waals surface area contributed by atoms with Gasteiger partial charge in [0.15, 0.2) is 5.13 Å². The van der Waals surface area contributed by atoms with Gasteiger partial charge in [-0.25, -0.2) is 9.97 Å². The minimum Gasteiger partial charge on any atom is -0.497 e. The lowest BCUT2D eigenvalue weighted by Gasteiger charge is -2.08. The molecule has 0 aliphatic carbocycles. The number of anilines is 1. The third kappa shape index (κ3) is 4.23.